The molecule has 0 bridgehead atoms. The molecule has 2 atom stereocenters. The van der Waals surface area contributed by atoms with Gasteiger partial charge in [0.2, 0.25) is 0 Å². The van der Waals surface area contributed by atoms with Crippen molar-refractivity contribution in [2.24, 2.45) is 17.8 Å². The lowest BCUT2D eigenvalue weighted by Gasteiger charge is -2.37. The van der Waals surface area contributed by atoms with Crippen LogP contribution in [0.15, 0.2) is 48.5 Å². The Bertz CT molecular complexity index is 1080. The molecule has 0 radical (unpaired) electrons. The fraction of sp³-hybridized carbons (Fsp3) is 0.606. The van der Waals surface area contributed by atoms with Crippen LogP contribution in [0, 0.1) is 17.8 Å². The zero-order valence-corrected chi connectivity index (χ0v) is 23.7. The summed E-state index contributed by atoms with van der Waals surface area (Å²) < 4.78 is 38.5. The molecule has 2 aliphatic carbocycles. The SMILES string of the molecule is O=C(Oc1ccc(-c2ccc(OCOCC3CO3)cc2)cc1)C1CCC(C2CCC(OCOCC3CO3)CC2)CC1. The molecule has 2 unspecified atom stereocenters. The Labute approximate surface area is 242 Å². The maximum Gasteiger partial charge on any atom is 0.314 e. The number of hydrogen-bond donors (Lipinski definition) is 0. The lowest BCUT2D eigenvalue weighted by atomic mass is 9.70. The fourth-order valence-corrected chi connectivity index (χ4v) is 6.15. The standard InChI is InChI=1S/C33H42O8/c34-33(27-3-1-23(2-4-27)24-5-11-28(12-6-24)39-21-35-17-31-19-37-31)41-30-15-9-26(10-16-30)25-7-13-29(14-8-25)40-22-36-18-32-20-38-32/h7-10,13-16,23-24,27-28,31-32H,1-6,11-12,17-22H2. The largest absolute Gasteiger partial charge is 0.468 e. The van der Waals surface area contributed by atoms with Crippen LogP contribution in [0.1, 0.15) is 51.4 Å². The van der Waals surface area contributed by atoms with Gasteiger partial charge in [-0.1, -0.05) is 24.3 Å². The number of hydrogen-bond acceptors (Lipinski definition) is 8. The highest BCUT2D eigenvalue weighted by atomic mass is 16.7. The number of rotatable bonds is 14. The first kappa shape index (κ1) is 28.6. The Balaban J connectivity index is 0.880. The van der Waals surface area contributed by atoms with Gasteiger partial charge in [0.25, 0.3) is 0 Å². The molecule has 2 aliphatic heterocycles. The van der Waals surface area contributed by atoms with Gasteiger partial charge in [0.15, 0.2) is 6.79 Å². The lowest BCUT2D eigenvalue weighted by Crippen LogP contribution is -2.31. The van der Waals surface area contributed by atoms with Gasteiger partial charge in [-0.05, 0) is 98.6 Å². The summed E-state index contributed by atoms with van der Waals surface area (Å²) in [6, 6.07) is 15.6. The highest BCUT2D eigenvalue weighted by Gasteiger charge is 2.34. The van der Waals surface area contributed by atoms with E-state index in [1.54, 1.807) is 0 Å². The second-order valence-electron chi connectivity index (χ2n) is 11.8. The fourth-order valence-electron chi connectivity index (χ4n) is 6.15. The van der Waals surface area contributed by atoms with Crippen LogP contribution in [0.5, 0.6) is 11.5 Å². The molecule has 2 aromatic carbocycles. The summed E-state index contributed by atoms with van der Waals surface area (Å²) in [5.74, 6) is 2.71. The maximum atomic E-state index is 12.9. The van der Waals surface area contributed by atoms with Gasteiger partial charge < -0.3 is 33.2 Å². The Kier molecular flexibility index (Phi) is 9.86. The summed E-state index contributed by atoms with van der Waals surface area (Å²) in [6.45, 7) is 3.40. The maximum absolute atomic E-state index is 12.9. The van der Waals surface area contributed by atoms with E-state index in [-0.39, 0.29) is 30.9 Å². The second-order valence-corrected chi connectivity index (χ2v) is 11.8. The van der Waals surface area contributed by atoms with E-state index >= 15 is 0 Å². The van der Waals surface area contributed by atoms with Crippen molar-refractivity contribution >= 4 is 5.97 Å². The summed E-state index contributed by atoms with van der Waals surface area (Å²) >= 11 is 0. The van der Waals surface area contributed by atoms with Crippen molar-refractivity contribution in [3.63, 3.8) is 0 Å². The van der Waals surface area contributed by atoms with Crippen molar-refractivity contribution in [1.29, 1.82) is 0 Å². The molecule has 4 fully saturated rings. The first-order chi connectivity index (χ1) is 20.2. The molecule has 6 rings (SSSR count). The lowest BCUT2D eigenvalue weighted by molar-refractivity contribution is -0.140. The van der Waals surface area contributed by atoms with Crippen LogP contribution < -0.4 is 9.47 Å². The number of carbonyl (C=O) groups excluding carboxylic acids is 1. The van der Waals surface area contributed by atoms with E-state index < -0.39 is 0 Å². The molecular formula is C33H42O8. The van der Waals surface area contributed by atoms with Crippen LogP contribution in [0.4, 0.5) is 0 Å². The van der Waals surface area contributed by atoms with E-state index in [0.717, 1.165) is 74.5 Å². The molecule has 8 heteroatoms. The van der Waals surface area contributed by atoms with E-state index in [9.17, 15) is 4.79 Å². The third-order valence-electron chi connectivity index (χ3n) is 8.86. The Morgan fingerprint density at radius 1 is 0.659 bits per heavy atom. The van der Waals surface area contributed by atoms with E-state index in [2.05, 4.69) is 0 Å². The summed E-state index contributed by atoms with van der Waals surface area (Å²) in [5.41, 5.74) is 2.12. The third-order valence-corrected chi connectivity index (χ3v) is 8.86. The topological polar surface area (TPSA) is 88.3 Å². The van der Waals surface area contributed by atoms with E-state index in [0.29, 0.717) is 37.8 Å². The summed E-state index contributed by atoms with van der Waals surface area (Å²) in [4.78, 5) is 12.9. The van der Waals surface area contributed by atoms with Crippen LogP contribution in [0.25, 0.3) is 11.1 Å². The van der Waals surface area contributed by atoms with Gasteiger partial charge in [0.1, 0.15) is 30.5 Å². The van der Waals surface area contributed by atoms with Crippen molar-refractivity contribution in [3.05, 3.63) is 48.5 Å². The van der Waals surface area contributed by atoms with Crippen molar-refractivity contribution in [3.8, 4) is 22.6 Å². The van der Waals surface area contributed by atoms with E-state index in [1.165, 1.54) is 12.8 Å². The Hall–Kier alpha value is -2.49. The third kappa shape index (κ3) is 8.75. The average Bonchev–Trinajstić information content (AvgIpc) is 3.95. The van der Waals surface area contributed by atoms with Crippen LogP contribution in [-0.4, -0.2) is 64.3 Å². The second kappa shape index (κ2) is 14.1. The van der Waals surface area contributed by atoms with Crippen LogP contribution >= 0.6 is 0 Å². The Morgan fingerprint density at radius 2 is 1.17 bits per heavy atom. The normalized spacial score (nSPS) is 29.1. The molecule has 2 saturated heterocycles. The first-order valence-electron chi connectivity index (χ1n) is 15.2. The zero-order chi connectivity index (χ0) is 27.9. The van der Waals surface area contributed by atoms with Gasteiger partial charge in [-0.3, -0.25) is 4.79 Å². The number of benzene rings is 2. The molecule has 2 aromatic rings. The molecule has 0 aromatic heterocycles. The predicted octanol–water partition coefficient (Wildman–Crippen LogP) is 5.77. The highest BCUT2D eigenvalue weighted by molar-refractivity contribution is 5.75. The van der Waals surface area contributed by atoms with Gasteiger partial charge in [-0.2, -0.15) is 0 Å². The molecule has 0 amide bonds. The quantitative estimate of drug-likeness (QED) is 0.0937. The molecular weight excluding hydrogens is 524 g/mol. The summed E-state index contributed by atoms with van der Waals surface area (Å²) in [6.07, 6.45) is 9.54. The van der Waals surface area contributed by atoms with Gasteiger partial charge in [-0.25, -0.2) is 0 Å². The van der Waals surface area contributed by atoms with Crippen LogP contribution in [-0.2, 0) is 28.5 Å². The van der Waals surface area contributed by atoms with Crippen molar-refractivity contribution in [1.82, 2.24) is 0 Å². The van der Waals surface area contributed by atoms with Crippen LogP contribution in [0.3, 0.4) is 0 Å². The van der Waals surface area contributed by atoms with Crippen LogP contribution in [0.2, 0.25) is 0 Å². The van der Waals surface area contributed by atoms with Gasteiger partial charge in [-0.15, -0.1) is 0 Å². The summed E-state index contributed by atoms with van der Waals surface area (Å²) in [7, 11) is 0. The zero-order valence-electron chi connectivity index (χ0n) is 23.7. The molecule has 8 nitrogen and oxygen atoms in total. The van der Waals surface area contributed by atoms with E-state index in [4.69, 9.17) is 33.2 Å². The molecule has 2 saturated carbocycles. The number of ether oxygens (including phenoxy) is 7. The Morgan fingerprint density at radius 3 is 1.73 bits per heavy atom. The molecule has 222 valence electrons. The molecule has 4 aliphatic rings. The van der Waals surface area contributed by atoms with E-state index in [1.807, 2.05) is 48.5 Å². The number of epoxide rings is 2. The molecule has 2 heterocycles. The minimum Gasteiger partial charge on any atom is -0.468 e. The number of esters is 1. The molecule has 41 heavy (non-hydrogen) atoms. The van der Waals surface area contributed by atoms with Gasteiger partial charge >= 0.3 is 5.97 Å². The summed E-state index contributed by atoms with van der Waals surface area (Å²) in [5, 5.41) is 0. The monoisotopic (exact) mass is 566 g/mol. The molecule has 0 N–H and O–H groups in total. The highest BCUT2D eigenvalue weighted by Crippen LogP contribution is 2.41. The smallest absolute Gasteiger partial charge is 0.314 e. The first-order valence-corrected chi connectivity index (χ1v) is 15.2. The van der Waals surface area contributed by atoms with Gasteiger partial charge in [0, 0.05) is 0 Å². The van der Waals surface area contributed by atoms with Crippen molar-refractivity contribution in [2.45, 2.75) is 69.7 Å². The number of carbonyl (C=O) groups is 1. The predicted molar refractivity (Wildman–Crippen MR) is 152 cm³/mol. The minimum atomic E-state index is -0.0955. The van der Waals surface area contributed by atoms with Gasteiger partial charge in [0.05, 0.1) is 38.4 Å². The van der Waals surface area contributed by atoms with Crippen molar-refractivity contribution in [2.75, 3.05) is 40.0 Å². The minimum absolute atomic E-state index is 0.00785. The van der Waals surface area contributed by atoms with Crippen molar-refractivity contribution < 1.29 is 38.0 Å². The molecule has 0 spiro atoms. The average molecular weight is 567 g/mol.